The molecule has 2 heteroatoms. The first kappa shape index (κ1) is 13.5. The van der Waals surface area contributed by atoms with E-state index < -0.39 is 0 Å². The maximum atomic E-state index is 10.4. The van der Waals surface area contributed by atoms with Gasteiger partial charge in [-0.3, -0.25) is 4.79 Å². The average molecular weight is 232 g/mol. The van der Waals surface area contributed by atoms with Crippen LogP contribution in [0.2, 0.25) is 0 Å². The predicted molar refractivity (Wildman–Crippen MR) is 71.3 cm³/mol. The third kappa shape index (κ3) is 4.43. The van der Waals surface area contributed by atoms with Crippen LogP contribution in [0.15, 0.2) is 24.3 Å². The zero-order valence-corrected chi connectivity index (χ0v) is 10.6. The average Bonchev–Trinajstić information content (AvgIpc) is 2.37. The second-order valence-corrected chi connectivity index (χ2v) is 4.02. The number of carbonyl (C=O) groups is 1. The van der Waals surface area contributed by atoms with Crippen LogP contribution in [-0.4, -0.2) is 13.4 Å². The van der Waals surface area contributed by atoms with E-state index >= 15 is 0 Å². The Labute approximate surface area is 103 Å². The van der Waals surface area contributed by atoms with Gasteiger partial charge in [0.2, 0.25) is 0 Å². The fraction of sp³-hybridized carbons (Fsp3) is 0.400. The van der Waals surface area contributed by atoms with Gasteiger partial charge in [-0.25, -0.2) is 0 Å². The molecule has 0 saturated carbocycles. The number of allylic oxidation sites excluding steroid dienone is 1. The first-order valence-electron chi connectivity index (χ1n) is 6.10. The van der Waals surface area contributed by atoms with Crippen LogP contribution in [0.4, 0.5) is 0 Å². The first-order chi connectivity index (χ1) is 8.31. The van der Waals surface area contributed by atoms with E-state index in [-0.39, 0.29) is 0 Å². The second kappa shape index (κ2) is 7.66. The molecular formula is C15H20O2. The van der Waals surface area contributed by atoms with Gasteiger partial charge in [-0.05, 0) is 42.2 Å². The number of rotatable bonds is 7. The van der Waals surface area contributed by atoms with Crippen LogP contribution in [0, 0.1) is 0 Å². The molecule has 92 valence electrons. The highest BCUT2D eigenvalue weighted by Crippen LogP contribution is 2.21. The van der Waals surface area contributed by atoms with Gasteiger partial charge in [-0.1, -0.05) is 31.9 Å². The maximum absolute atomic E-state index is 10.4. The molecule has 0 aliphatic carbocycles. The Morgan fingerprint density at radius 1 is 1.29 bits per heavy atom. The van der Waals surface area contributed by atoms with Gasteiger partial charge in [0.25, 0.3) is 0 Å². The number of unbranched alkanes of at least 4 members (excludes halogenated alkanes) is 2. The second-order valence-electron chi connectivity index (χ2n) is 4.02. The highest BCUT2D eigenvalue weighted by atomic mass is 16.5. The molecular weight excluding hydrogens is 212 g/mol. The van der Waals surface area contributed by atoms with Gasteiger partial charge in [0.05, 0.1) is 7.11 Å². The third-order valence-electron chi connectivity index (χ3n) is 2.75. The fourth-order valence-corrected chi connectivity index (χ4v) is 1.80. The van der Waals surface area contributed by atoms with Crippen molar-refractivity contribution in [3.63, 3.8) is 0 Å². The molecule has 1 rings (SSSR count). The number of hydrogen-bond acceptors (Lipinski definition) is 2. The van der Waals surface area contributed by atoms with Crippen molar-refractivity contribution in [3.8, 4) is 5.75 Å². The van der Waals surface area contributed by atoms with Crippen molar-refractivity contribution in [2.24, 2.45) is 0 Å². The van der Waals surface area contributed by atoms with Crippen LogP contribution in [0.25, 0.3) is 6.08 Å². The van der Waals surface area contributed by atoms with Crippen LogP contribution in [0.5, 0.6) is 5.75 Å². The monoisotopic (exact) mass is 232 g/mol. The Kier molecular flexibility index (Phi) is 6.08. The molecule has 0 unspecified atom stereocenters. The fourth-order valence-electron chi connectivity index (χ4n) is 1.80. The number of benzene rings is 1. The smallest absolute Gasteiger partial charge is 0.142 e. The molecule has 0 heterocycles. The molecule has 0 spiro atoms. The Hall–Kier alpha value is -1.57. The molecule has 2 nitrogen and oxygen atoms in total. The molecule has 1 aromatic rings. The lowest BCUT2D eigenvalue weighted by Crippen LogP contribution is -1.92. The molecule has 0 bridgehead atoms. The third-order valence-corrected chi connectivity index (χ3v) is 2.75. The van der Waals surface area contributed by atoms with Crippen molar-refractivity contribution < 1.29 is 9.53 Å². The van der Waals surface area contributed by atoms with Crippen LogP contribution in [-0.2, 0) is 11.2 Å². The van der Waals surface area contributed by atoms with E-state index in [0.717, 1.165) is 24.0 Å². The van der Waals surface area contributed by atoms with Gasteiger partial charge in [-0.15, -0.1) is 0 Å². The summed E-state index contributed by atoms with van der Waals surface area (Å²) in [4.78, 5) is 10.4. The lowest BCUT2D eigenvalue weighted by molar-refractivity contribution is -0.104. The molecule has 1 aromatic carbocycles. The normalized spacial score (nSPS) is 10.7. The summed E-state index contributed by atoms with van der Waals surface area (Å²) in [6.45, 7) is 2.19. The lowest BCUT2D eigenvalue weighted by Gasteiger charge is -2.08. The number of aryl methyl sites for hydroxylation is 1. The molecule has 0 atom stereocenters. The molecule has 0 radical (unpaired) electrons. The quantitative estimate of drug-likeness (QED) is 0.407. The largest absolute Gasteiger partial charge is 0.497 e. The highest BCUT2D eigenvalue weighted by Gasteiger charge is 2.02. The van der Waals surface area contributed by atoms with Gasteiger partial charge in [0.15, 0.2) is 0 Å². The van der Waals surface area contributed by atoms with Crippen LogP contribution in [0.3, 0.4) is 0 Å². The summed E-state index contributed by atoms with van der Waals surface area (Å²) >= 11 is 0. The molecule has 0 aliphatic heterocycles. The van der Waals surface area contributed by atoms with E-state index in [2.05, 4.69) is 13.0 Å². The highest BCUT2D eigenvalue weighted by molar-refractivity contribution is 5.74. The molecule has 0 aliphatic rings. The zero-order valence-electron chi connectivity index (χ0n) is 10.6. The van der Waals surface area contributed by atoms with Gasteiger partial charge < -0.3 is 4.74 Å². The Balaban J connectivity index is 2.86. The maximum Gasteiger partial charge on any atom is 0.142 e. The van der Waals surface area contributed by atoms with E-state index in [1.54, 1.807) is 7.11 Å². The summed E-state index contributed by atoms with van der Waals surface area (Å²) in [5, 5.41) is 0. The van der Waals surface area contributed by atoms with Gasteiger partial charge in [0.1, 0.15) is 12.0 Å². The molecule has 17 heavy (non-hydrogen) atoms. The summed E-state index contributed by atoms with van der Waals surface area (Å²) in [5.74, 6) is 0.875. The van der Waals surface area contributed by atoms with E-state index in [1.807, 2.05) is 18.2 Å². The van der Waals surface area contributed by atoms with Gasteiger partial charge in [-0.2, -0.15) is 0 Å². The van der Waals surface area contributed by atoms with Crippen LogP contribution in [0.1, 0.15) is 37.3 Å². The van der Waals surface area contributed by atoms with Gasteiger partial charge in [0, 0.05) is 0 Å². The number of methoxy groups -OCH3 is 1. The standard InChI is InChI=1S/C15H20O2/c1-3-4-5-7-14-12-15(17-2)10-9-13(14)8-6-11-16/h6,8-12H,3-5,7H2,1-2H3/b8-6+. The topological polar surface area (TPSA) is 26.3 Å². The van der Waals surface area contributed by atoms with E-state index in [1.165, 1.54) is 30.9 Å². The van der Waals surface area contributed by atoms with Crippen LogP contribution < -0.4 is 4.74 Å². The van der Waals surface area contributed by atoms with Crippen molar-refractivity contribution in [3.05, 3.63) is 35.4 Å². The van der Waals surface area contributed by atoms with E-state index in [4.69, 9.17) is 4.74 Å². The molecule has 0 amide bonds. The number of aldehydes is 1. The summed E-state index contributed by atoms with van der Waals surface area (Å²) < 4.78 is 5.23. The Morgan fingerprint density at radius 2 is 2.12 bits per heavy atom. The Morgan fingerprint density at radius 3 is 2.76 bits per heavy atom. The summed E-state index contributed by atoms with van der Waals surface area (Å²) in [6.07, 6.45) is 8.84. The van der Waals surface area contributed by atoms with Crippen molar-refractivity contribution in [2.45, 2.75) is 32.6 Å². The van der Waals surface area contributed by atoms with E-state index in [9.17, 15) is 4.79 Å². The molecule has 0 fully saturated rings. The first-order valence-corrected chi connectivity index (χ1v) is 6.10. The SMILES string of the molecule is CCCCCc1cc(OC)ccc1/C=C/C=O. The lowest BCUT2D eigenvalue weighted by atomic mass is 10.0. The van der Waals surface area contributed by atoms with Crippen molar-refractivity contribution in [1.82, 2.24) is 0 Å². The minimum absolute atomic E-state index is 0.806. The predicted octanol–water partition coefficient (Wildman–Crippen LogP) is 3.64. The Bertz CT molecular complexity index is 381. The molecule has 0 aromatic heterocycles. The number of carbonyl (C=O) groups excluding carboxylic acids is 1. The summed E-state index contributed by atoms with van der Waals surface area (Å²) in [6, 6.07) is 5.98. The minimum Gasteiger partial charge on any atom is -0.497 e. The van der Waals surface area contributed by atoms with Crippen molar-refractivity contribution >= 4 is 12.4 Å². The molecule has 0 saturated heterocycles. The summed E-state index contributed by atoms with van der Waals surface area (Å²) in [7, 11) is 1.67. The van der Waals surface area contributed by atoms with Crippen LogP contribution >= 0.6 is 0 Å². The number of ether oxygens (including phenoxy) is 1. The van der Waals surface area contributed by atoms with E-state index in [0.29, 0.717) is 0 Å². The van der Waals surface area contributed by atoms with Gasteiger partial charge >= 0.3 is 0 Å². The van der Waals surface area contributed by atoms with Crippen molar-refractivity contribution in [1.29, 1.82) is 0 Å². The minimum atomic E-state index is 0.806. The van der Waals surface area contributed by atoms with Crippen molar-refractivity contribution in [2.75, 3.05) is 7.11 Å². The zero-order chi connectivity index (χ0) is 12.5. The number of hydrogen-bond donors (Lipinski definition) is 0. The summed E-state index contributed by atoms with van der Waals surface area (Å²) in [5.41, 5.74) is 2.35. The molecule has 0 N–H and O–H groups in total.